The smallest absolute Gasteiger partial charge is 0.352 e. The normalized spacial score (nSPS) is 19.4. The molecule has 1 unspecified atom stereocenters. The summed E-state index contributed by atoms with van der Waals surface area (Å²) in [5, 5.41) is 20.3. The van der Waals surface area contributed by atoms with Crippen LogP contribution in [0.25, 0.3) is 9.40 Å². The first-order valence-electron chi connectivity index (χ1n) is 10.8. The molecule has 0 spiro atoms. The van der Waals surface area contributed by atoms with E-state index in [2.05, 4.69) is 20.3 Å². The average molecular weight is 626 g/mol. The molecule has 17 heteroatoms. The molecule has 5 heterocycles. The van der Waals surface area contributed by atoms with Crippen LogP contribution in [-0.4, -0.2) is 62.5 Å². The summed E-state index contributed by atoms with van der Waals surface area (Å²) in [5.74, 6) is -2.50. The number of aliphatic carboxylic acids is 1. The van der Waals surface area contributed by atoms with E-state index in [0.717, 1.165) is 25.1 Å². The molecular weight excluding hydrogens is 610 g/mol. The third-order valence-electron chi connectivity index (χ3n) is 5.44. The number of carbonyl (C=O) groups is 3. The van der Waals surface area contributed by atoms with Crippen LogP contribution in [0.3, 0.4) is 0 Å². The Balaban J connectivity index is 1.31. The molecule has 0 aromatic carbocycles. The van der Waals surface area contributed by atoms with E-state index in [-0.39, 0.29) is 33.4 Å². The first kappa shape index (κ1) is 27.3. The molecule has 0 saturated carbocycles. The zero-order valence-electron chi connectivity index (χ0n) is 19.4. The van der Waals surface area contributed by atoms with Crippen molar-refractivity contribution in [3.63, 3.8) is 0 Å². The zero-order chi connectivity index (χ0) is 27.7. The minimum Gasteiger partial charge on any atom is -0.477 e. The number of carboxylic acids is 1. The first-order chi connectivity index (χ1) is 18.8. The Bertz CT molecular complexity index is 1630. The van der Waals surface area contributed by atoms with E-state index in [1.165, 1.54) is 51.6 Å². The van der Waals surface area contributed by atoms with E-state index in [4.69, 9.17) is 5.73 Å². The fraction of sp³-hybridized carbons (Fsp3) is 0.182. The molecule has 2 aliphatic rings. The summed E-state index contributed by atoms with van der Waals surface area (Å²) in [7, 11) is 0. The number of nitrogens with zero attached hydrogens (tertiary/aromatic N) is 3. The van der Waals surface area contributed by atoms with Crippen molar-refractivity contribution in [2.24, 2.45) is 5.16 Å². The quantitative estimate of drug-likeness (QED) is 0.139. The number of carbonyl (C=O) groups excluding carboxylic acids is 2. The molecule has 3 aromatic rings. The summed E-state index contributed by atoms with van der Waals surface area (Å²) in [6, 6.07) is 2.37. The van der Waals surface area contributed by atoms with Crippen LogP contribution in [0.4, 0.5) is 9.52 Å². The van der Waals surface area contributed by atoms with Gasteiger partial charge in [-0.15, -0.1) is 45.8 Å². The van der Waals surface area contributed by atoms with Crippen molar-refractivity contribution in [3.8, 4) is 0 Å². The fourth-order valence-corrected chi connectivity index (χ4v) is 8.58. The molecule has 1 fully saturated rings. The average Bonchev–Trinajstić information content (AvgIpc) is 3.56. The van der Waals surface area contributed by atoms with Gasteiger partial charge in [0.15, 0.2) is 16.3 Å². The third-order valence-corrected chi connectivity index (χ3v) is 10.5. The molecular formula is C22H16FN5O6S5. The highest BCUT2D eigenvalue weighted by Gasteiger charge is 2.54. The standard InChI is InChI=1S/C22H16FN5O6S5/c23-8-34-27-14(10-7-38-22(24)25-10)18(30)26-15-19(31)28-16(21(32)33)9(6-37-20(15)28)1-3-35-13-5-11(29)17-12(39-13)2-4-36-17/h1-5,7,15,20H,6,8H2,(H2,24,25)(H,26,30)(H,32,33)/b3-1+,27-14-/t15?,20-/m1/s1. The number of allylic oxidation sites excluding steroid dienone is 1. The summed E-state index contributed by atoms with van der Waals surface area (Å²) in [4.78, 5) is 59.6. The number of thiophene rings is 1. The number of thiazole rings is 1. The van der Waals surface area contributed by atoms with Crippen LogP contribution < -0.4 is 16.5 Å². The molecule has 0 bridgehead atoms. The number of halogens is 1. The highest BCUT2D eigenvalue weighted by Crippen LogP contribution is 2.41. The number of thioether (sulfide) groups is 2. The van der Waals surface area contributed by atoms with E-state index in [1.54, 1.807) is 17.6 Å². The van der Waals surface area contributed by atoms with Crippen LogP contribution in [0.1, 0.15) is 5.69 Å². The Kier molecular flexibility index (Phi) is 8.03. The number of hydrogen-bond acceptors (Lipinski definition) is 13. The number of anilines is 1. The second kappa shape index (κ2) is 11.5. The molecule has 1 saturated heterocycles. The lowest BCUT2D eigenvalue weighted by atomic mass is 10.0. The van der Waals surface area contributed by atoms with Crippen LogP contribution in [0.2, 0.25) is 0 Å². The summed E-state index contributed by atoms with van der Waals surface area (Å²) >= 11 is 6.43. The molecule has 39 heavy (non-hydrogen) atoms. The van der Waals surface area contributed by atoms with Gasteiger partial charge in [0, 0.05) is 17.2 Å². The topological polar surface area (TPSA) is 164 Å². The second-order valence-electron chi connectivity index (χ2n) is 7.75. The van der Waals surface area contributed by atoms with Crippen molar-refractivity contribution >= 4 is 95.6 Å². The van der Waals surface area contributed by atoms with E-state index >= 15 is 0 Å². The maximum Gasteiger partial charge on any atom is 0.352 e. The molecule has 2 atom stereocenters. The number of nitrogen functional groups attached to an aromatic ring is 1. The number of nitrogens with two attached hydrogens (primary N) is 1. The first-order valence-corrected chi connectivity index (χ1v) is 15.3. The molecule has 202 valence electrons. The van der Waals surface area contributed by atoms with E-state index in [1.807, 2.05) is 11.4 Å². The number of nitrogens with one attached hydrogen (secondary N) is 1. The molecule has 5 rings (SSSR count). The number of β-lactam (4-membered cyclic amide) rings is 1. The molecule has 3 aromatic heterocycles. The monoisotopic (exact) mass is 625 g/mol. The number of alkyl halides is 1. The second-order valence-corrected chi connectivity index (χ2v) is 13.0. The molecule has 4 N–H and O–H groups in total. The fourth-order valence-electron chi connectivity index (χ4n) is 3.78. The zero-order valence-corrected chi connectivity index (χ0v) is 23.4. The van der Waals surface area contributed by atoms with E-state index in [9.17, 15) is 28.7 Å². The number of carboxylic acid groups (broad SMARTS) is 1. The highest BCUT2D eigenvalue weighted by atomic mass is 32.2. The largest absolute Gasteiger partial charge is 0.477 e. The molecule has 11 nitrogen and oxygen atoms in total. The van der Waals surface area contributed by atoms with Gasteiger partial charge in [-0.2, -0.15) is 0 Å². The number of oxime groups is 1. The van der Waals surface area contributed by atoms with Gasteiger partial charge in [-0.1, -0.05) is 16.9 Å². The van der Waals surface area contributed by atoms with Crippen LogP contribution >= 0.6 is 57.5 Å². The Morgan fingerprint density at radius 1 is 1.38 bits per heavy atom. The van der Waals surface area contributed by atoms with Crippen molar-refractivity contribution in [3.05, 3.63) is 61.6 Å². The summed E-state index contributed by atoms with van der Waals surface area (Å²) in [6.07, 6.45) is 1.61. The van der Waals surface area contributed by atoms with Gasteiger partial charge in [-0.05, 0) is 28.5 Å². The van der Waals surface area contributed by atoms with E-state index in [0.29, 0.717) is 10.3 Å². The van der Waals surface area contributed by atoms with Crippen LogP contribution in [0, 0.1) is 0 Å². The van der Waals surface area contributed by atoms with Gasteiger partial charge in [-0.3, -0.25) is 19.3 Å². The van der Waals surface area contributed by atoms with E-state index < -0.39 is 36.1 Å². The SMILES string of the molecule is Nc1nc(/C(=N/OCF)C(=O)NC2C(=O)N3C(C(=O)O)=C(/C=C/Sc4cc(=O)c5sccc5s4)CS[C@H]23)cs1. The summed E-state index contributed by atoms with van der Waals surface area (Å²) in [6.45, 7) is -1.28. The van der Waals surface area contributed by atoms with Gasteiger partial charge >= 0.3 is 5.97 Å². The van der Waals surface area contributed by atoms with Gasteiger partial charge in [0.1, 0.15) is 22.8 Å². The lowest BCUT2D eigenvalue weighted by Gasteiger charge is -2.49. The van der Waals surface area contributed by atoms with Crippen LogP contribution in [-0.2, 0) is 19.2 Å². The Morgan fingerprint density at radius 3 is 2.92 bits per heavy atom. The van der Waals surface area contributed by atoms with Crippen molar-refractivity contribution in [1.82, 2.24) is 15.2 Å². The van der Waals surface area contributed by atoms with Crippen molar-refractivity contribution in [2.45, 2.75) is 15.6 Å². The van der Waals surface area contributed by atoms with Crippen molar-refractivity contribution in [1.29, 1.82) is 0 Å². The number of rotatable bonds is 9. The number of aromatic nitrogens is 1. The van der Waals surface area contributed by atoms with Gasteiger partial charge in [0.25, 0.3) is 18.7 Å². The van der Waals surface area contributed by atoms with Gasteiger partial charge in [0.2, 0.25) is 0 Å². The van der Waals surface area contributed by atoms with Crippen LogP contribution in [0.15, 0.2) is 59.8 Å². The minimum absolute atomic E-state index is 0.0441. The maximum atomic E-state index is 13.0. The molecule has 0 aliphatic carbocycles. The molecule has 2 aliphatic heterocycles. The Labute approximate surface area is 239 Å². The summed E-state index contributed by atoms with van der Waals surface area (Å²) < 4.78 is 14.8. The lowest BCUT2D eigenvalue weighted by Crippen LogP contribution is -2.71. The maximum absolute atomic E-state index is 13.0. The number of fused-ring (bicyclic) bond motifs is 2. The van der Waals surface area contributed by atoms with Gasteiger partial charge in [-0.25, -0.2) is 14.2 Å². The Hall–Kier alpha value is -3.25. The predicted molar refractivity (Wildman–Crippen MR) is 151 cm³/mol. The minimum atomic E-state index is -1.29. The Morgan fingerprint density at radius 2 is 2.21 bits per heavy atom. The predicted octanol–water partition coefficient (Wildman–Crippen LogP) is 3.05. The number of hydrogen-bond donors (Lipinski definition) is 3. The van der Waals surface area contributed by atoms with Gasteiger partial charge < -0.3 is 21.0 Å². The third kappa shape index (κ3) is 5.44. The van der Waals surface area contributed by atoms with Crippen molar-refractivity contribution < 1.29 is 28.7 Å². The summed E-state index contributed by atoms with van der Waals surface area (Å²) in [5.41, 5.74) is 5.43. The molecule has 0 radical (unpaired) electrons. The van der Waals surface area contributed by atoms with Crippen LogP contribution in [0.5, 0.6) is 0 Å². The van der Waals surface area contributed by atoms with Crippen molar-refractivity contribution in [2.75, 3.05) is 18.3 Å². The number of amides is 2. The highest BCUT2D eigenvalue weighted by molar-refractivity contribution is 8.04. The molecule has 2 amide bonds. The van der Waals surface area contributed by atoms with Gasteiger partial charge in [0.05, 0.1) is 13.6 Å². The lowest BCUT2D eigenvalue weighted by molar-refractivity contribution is -0.150.